The number of hydrogen-bond acceptors (Lipinski definition) is 4. The fourth-order valence-corrected chi connectivity index (χ4v) is 2.42. The molecule has 1 aliphatic rings. The molecule has 1 fully saturated rings. The highest BCUT2D eigenvalue weighted by Gasteiger charge is 2.16. The predicted octanol–water partition coefficient (Wildman–Crippen LogP) is 2.41. The van der Waals surface area contributed by atoms with Crippen LogP contribution < -0.4 is 10.6 Å². The summed E-state index contributed by atoms with van der Waals surface area (Å²) >= 11 is 0. The molecular formula is C15H19N5O2. The molecule has 2 aromatic heterocycles. The third-order valence-corrected chi connectivity index (χ3v) is 3.44. The number of carbonyl (C=O) groups excluding carboxylic acids is 1. The maximum atomic E-state index is 11.9. The Balaban J connectivity index is 1.54. The van der Waals surface area contributed by atoms with Crippen molar-refractivity contribution in [3.63, 3.8) is 0 Å². The summed E-state index contributed by atoms with van der Waals surface area (Å²) in [6, 6.07) is 5.12. The van der Waals surface area contributed by atoms with Crippen LogP contribution in [0.4, 0.5) is 16.3 Å². The Morgan fingerprint density at radius 2 is 2.36 bits per heavy atom. The van der Waals surface area contributed by atoms with Crippen molar-refractivity contribution in [1.29, 1.82) is 0 Å². The zero-order valence-corrected chi connectivity index (χ0v) is 12.5. The number of rotatable bonds is 4. The Bertz CT molecular complexity index is 649. The van der Waals surface area contributed by atoms with Crippen LogP contribution in [-0.2, 0) is 11.3 Å². The van der Waals surface area contributed by atoms with Crippen LogP contribution in [0.1, 0.15) is 18.5 Å². The maximum Gasteiger partial charge on any atom is 0.324 e. The highest BCUT2D eigenvalue weighted by atomic mass is 16.5. The van der Waals surface area contributed by atoms with E-state index in [0.717, 1.165) is 25.1 Å². The van der Waals surface area contributed by atoms with Crippen molar-refractivity contribution in [2.24, 2.45) is 0 Å². The van der Waals surface area contributed by atoms with E-state index in [0.29, 0.717) is 18.1 Å². The average Bonchev–Trinajstić information content (AvgIpc) is 3.11. The molecule has 0 aliphatic carbocycles. The number of urea groups is 1. The summed E-state index contributed by atoms with van der Waals surface area (Å²) in [5.41, 5.74) is 1.49. The molecule has 0 aromatic carbocycles. The van der Waals surface area contributed by atoms with Gasteiger partial charge in [-0.15, -0.1) is 0 Å². The van der Waals surface area contributed by atoms with E-state index in [9.17, 15) is 4.79 Å². The minimum absolute atomic E-state index is 0.220. The van der Waals surface area contributed by atoms with Crippen LogP contribution in [0.25, 0.3) is 0 Å². The van der Waals surface area contributed by atoms with Gasteiger partial charge in [0.2, 0.25) is 0 Å². The van der Waals surface area contributed by atoms with Gasteiger partial charge in [0.25, 0.3) is 0 Å². The van der Waals surface area contributed by atoms with Crippen molar-refractivity contribution < 1.29 is 9.53 Å². The number of carbonyl (C=O) groups is 1. The van der Waals surface area contributed by atoms with Gasteiger partial charge in [-0.05, 0) is 31.9 Å². The fourth-order valence-electron chi connectivity index (χ4n) is 2.42. The van der Waals surface area contributed by atoms with E-state index < -0.39 is 0 Å². The molecule has 0 saturated carbocycles. The van der Waals surface area contributed by atoms with Gasteiger partial charge in [0, 0.05) is 18.5 Å². The number of aryl methyl sites for hydroxylation is 1. The second kappa shape index (κ2) is 6.57. The molecule has 2 aromatic rings. The monoisotopic (exact) mass is 301 g/mol. The quantitative estimate of drug-likeness (QED) is 0.908. The van der Waals surface area contributed by atoms with Crippen molar-refractivity contribution in [3.8, 4) is 0 Å². The number of ether oxygens (including phenoxy) is 1. The van der Waals surface area contributed by atoms with Gasteiger partial charge in [-0.3, -0.25) is 10.00 Å². The van der Waals surface area contributed by atoms with Crippen LogP contribution in [-0.4, -0.2) is 33.5 Å². The lowest BCUT2D eigenvalue weighted by Crippen LogP contribution is -2.20. The summed E-state index contributed by atoms with van der Waals surface area (Å²) in [5, 5.41) is 9.66. The minimum Gasteiger partial charge on any atom is -0.376 e. The number of pyridine rings is 1. The van der Waals surface area contributed by atoms with Crippen LogP contribution in [0, 0.1) is 6.92 Å². The zero-order chi connectivity index (χ0) is 15.4. The minimum atomic E-state index is -0.338. The third-order valence-electron chi connectivity index (χ3n) is 3.44. The molecule has 1 saturated heterocycles. The number of nitrogens with zero attached hydrogens (tertiary/aromatic N) is 3. The van der Waals surface area contributed by atoms with Gasteiger partial charge in [-0.1, -0.05) is 6.07 Å². The number of anilines is 2. The number of aromatic nitrogens is 3. The van der Waals surface area contributed by atoms with E-state index in [1.54, 1.807) is 23.1 Å². The first-order valence-electron chi connectivity index (χ1n) is 7.35. The van der Waals surface area contributed by atoms with E-state index in [-0.39, 0.29) is 12.1 Å². The molecular weight excluding hydrogens is 282 g/mol. The van der Waals surface area contributed by atoms with Gasteiger partial charge in [-0.2, -0.15) is 5.10 Å². The number of hydrogen-bond donors (Lipinski definition) is 2. The van der Waals surface area contributed by atoms with Gasteiger partial charge < -0.3 is 10.1 Å². The van der Waals surface area contributed by atoms with Crippen molar-refractivity contribution in [2.75, 3.05) is 17.2 Å². The molecule has 1 unspecified atom stereocenters. The molecule has 7 nitrogen and oxygen atoms in total. The van der Waals surface area contributed by atoms with E-state index in [1.807, 2.05) is 19.1 Å². The molecule has 2 N–H and O–H groups in total. The Kier molecular flexibility index (Phi) is 4.34. The van der Waals surface area contributed by atoms with Gasteiger partial charge in [0.1, 0.15) is 5.82 Å². The lowest BCUT2D eigenvalue weighted by Gasteiger charge is -2.08. The molecule has 2 amide bonds. The van der Waals surface area contributed by atoms with Crippen LogP contribution in [0.15, 0.2) is 30.6 Å². The molecule has 1 aliphatic heterocycles. The Labute approximate surface area is 128 Å². The zero-order valence-electron chi connectivity index (χ0n) is 12.5. The average molecular weight is 301 g/mol. The van der Waals surface area contributed by atoms with Crippen molar-refractivity contribution in [2.45, 2.75) is 32.4 Å². The SMILES string of the molecule is Cc1cccc(NC(=O)Nc2cnn(CC3CCCO3)c2)n1. The molecule has 0 spiro atoms. The van der Waals surface area contributed by atoms with E-state index >= 15 is 0 Å². The summed E-state index contributed by atoms with van der Waals surface area (Å²) < 4.78 is 7.36. The molecule has 3 rings (SSSR count). The highest BCUT2D eigenvalue weighted by molar-refractivity contribution is 5.98. The normalized spacial score (nSPS) is 17.4. The van der Waals surface area contributed by atoms with E-state index in [2.05, 4.69) is 20.7 Å². The lowest BCUT2D eigenvalue weighted by molar-refractivity contribution is 0.0940. The number of amides is 2. The lowest BCUT2D eigenvalue weighted by atomic mass is 10.2. The molecule has 0 bridgehead atoms. The topological polar surface area (TPSA) is 81.1 Å². The van der Waals surface area contributed by atoms with Crippen LogP contribution >= 0.6 is 0 Å². The first kappa shape index (κ1) is 14.5. The third kappa shape index (κ3) is 3.82. The van der Waals surface area contributed by atoms with E-state index in [4.69, 9.17) is 4.74 Å². The Morgan fingerprint density at radius 3 is 3.14 bits per heavy atom. The van der Waals surface area contributed by atoms with Crippen molar-refractivity contribution in [1.82, 2.24) is 14.8 Å². The Hall–Kier alpha value is -2.41. The molecule has 1 atom stereocenters. The van der Waals surface area contributed by atoms with Gasteiger partial charge in [0.15, 0.2) is 0 Å². The van der Waals surface area contributed by atoms with Crippen LogP contribution in [0.2, 0.25) is 0 Å². The van der Waals surface area contributed by atoms with Gasteiger partial charge in [0.05, 0.1) is 24.5 Å². The van der Waals surface area contributed by atoms with Gasteiger partial charge >= 0.3 is 6.03 Å². The van der Waals surface area contributed by atoms with Gasteiger partial charge in [-0.25, -0.2) is 9.78 Å². The summed E-state index contributed by atoms with van der Waals surface area (Å²) in [6.07, 6.45) is 5.80. The fraction of sp³-hybridized carbons (Fsp3) is 0.400. The summed E-state index contributed by atoms with van der Waals surface area (Å²) in [6.45, 7) is 3.41. The molecule has 3 heterocycles. The summed E-state index contributed by atoms with van der Waals surface area (Å²) in [4.78, 5) is 16.1. The summed E-state index contributed by atoms with van der Waals surface area (Å²) in [7, 11) is 0. The first-order chi connectivity index (χ1) is 10.7. The second-order valence-electron chi connectivity index (χ2n) is 5.33. The van der Waals surface area contributed by atoms with Crippen molar-refractivity contribution in [3.05, 3.63) is 36.3 Å². The molecule has 0 radical (unpaired) electrons. The first-order valence-corrected chi connectivity index (χ1v) is 7.35. The Morgan fingerprint density at radius 1 is 1.45 bits per heavy atom. The predicted molar refractivity (Wildman–Crippen MR) is 82.8 cm³/mol. The largest absolute Gasteiger partial charge is 0.376 e. The highest BCUT2D eigenvalue weighted by Crippen LogP contribution is 2.15. The van der Waals surface area contributed by atoms with Crippen LogP contribution in [0.3, 0.4) is 0 Å². The molecule has 116 valence electrons. The second-order valence-corrected chi connectivity index (χ2v) is 5.33. The maximum absolute atomic E-state index is 11.9. The molecule has 22 heavy (non-hydrogen) atoms. The standard InChI is InChI=1S/C15H19N5O2/c1-11-4-2-6-14(17-11)19-15(21)18-12-8-16-20(9-12)10-13-5-3-7-22-13/h2,4,6,8-9,13H,3,5,7,10H2,1H3,(H2,17,18,19,21). The molecule has 7 heteroatoms. The summed E-state index contributed by atoms with van der Waals surface area (Å²) in [5.74, 6) is 0.518. The smallest absolute Gasteiger partial charge is 0.324 e. The van der Waals surface area contributed by atoms with E-state index in [1.165, 1.54) is 0 Å². The number of nitrogens with one attached hydrogen (secondary N) is 2. The van der Waals surface area contributed by atoms with Crippen molar-refractivity contribution >= 4 is 17.5 Å². The van der Waals surface area contributed by atoms with Crippen LogP contribution in [0.5, 0.6) is 0 Å².